The first-order chi connectivity index (χ1) is 12.4. The molecule has 1 aliphatic carbocycles. The van der Waals surface area contributed by atoms with Crippen molar-refractivity contribution in [2.75, 3.05) is 11.1 Å². The molecule has 0 saturated heterocycles. The lowest BCUT2D eigenvalue weighted by Crippen LogP contribution is -2.12. The summed E-state index contributed by atoms with van der Waals surface area (Å²) in [7, 11) is 0. The molecule has 4 nitrogen and oxygen atoms in total. The molecule has 1 aromatic carbocycles. The average Bonchev–Trinajstić information content (AvgIpc) is 2.91. The van der Waals surface area contributed by atoms with Crippen LogP contribution in [0.15, 0.2) is 18.2 Å². The van der Waals surface area contributed by atoms with Gasteiger partial charge in [0.2, 0.25) is 0 Å². The van der Waals surface area contributed by atoms with Gasteiger partial charge >= 0.3 is 0 Å². The number of nitrogens with two attached hydrogens (primary N) is 1. The summed E-state index contributed by atoms with van der Waals surface area (Å²) in [5.74, 6) is -0.155. The molecular formula is C21H23N3OS. The third kappa shape index (κ3) is 2.86. The molecule has 1 aliphatic rings. The van der Waals surface area contributed by atoms with E-state index in [0.717, 1.165) is 45.6 Å². The summed E-state index contributed by atoms with van der Waals surface area (Å²) in [6, 6.07) is 6.03. The molecule has 4 rings (SSSR count). The molecule has 134 valence electrons. The monoisotopic (exact) mass is 365 g/mol. The zero-order chi connectivity index (χ0) is 18.4. The molecule has 2 aromatic heterocycles. The molecule has 5 heteroatoms. The van der Waals surface area contributed by atoms with Crippen LogP contribution in [0.4, 0.5) is 11.4 Å². The van der Waals surface area contributed by atoms with Crippen molar-refractivity contribution in [2.24, 2.45) is 0 Å². The summed E-state index contributed by atoms with van der Waals surface area (Å²) in [6.45, 7) is 6.11. The van der Waals surface area contributed by atoms with Gasteiger partial charge < -0.3 is 11.1 Å². The average molecular weight is 366 g/mol. The molecule has 0 fully saturated rings. The van der Waals surface area contributed by atoms with Crippen molar-refractivity contribution >= 4 is 38.8 Å². The van der Waals surface area contributed by atoms with Gasteiger partial charge in [-0.05, 0) is 80.8 Å². The van der Waals surface area contributed by atoms with E-state index >= 15 is 0 Å². The van der Waals surface area contributed by atoms with Gasteiger partial charge in [-0.25, -0.2) is 4.98 Å². The molecule has 0 aliphatic heterocycles. The maximum absolute atomic E-state index is 12.9. The summed E-state index contributed by atoms with van der Waals surface area (Å²) >= 11 is 1.40. The second-order valence-electron chi connectivity index (χ2n) is 7.22. The highest BCUT2D eigenvalue weighted by Crippen LogP contribution is 2.39. The molecule has 0 atom stereocenters. The Morgan fingerprint density at radius 1 is 1.08 bits per heavy atom. The maximum Gasteiger partial charge on any atom is 0.267 e. The van der Waals surface area contributed by atoms with E-state index in [-0.39, 0.29) is 5.91 Å². The maximum atomic E-state index is 12.9. The minimum atomic E-state index is -0.155. The van der Waals surface area contributed by atoms with Gasteiger partial charge in [-0.1, -0.05) is 6.07 Å². The number of thiophene rings is 1. The first kappa shape index (κ1) is 17.0. The Kier molecular flexibility index (Phi) is 4.19. The van der Waals surface area contributed by atoms with Crippen LogP contribution in [-0.4, -0.2) is 10.9 Å². The number of carbonyl (C=O) groups excluding carboxylic acids is 1. The van der Waals surface area contributed by atoms with Crippen LogP contribution in [0, 0.1) is 20.8 Å². The van der Waals surface area contributed by atoms with Gasteiger partial charge in [-0.15, -0.1) is 11.3 Å². The predicted molar refractivity (Wildman–Crippen MR) is 109 cm³/mol. The number of carbonyl (C=O) groups is 1. The van der Waals surface area contributed by atoms with Crippen molar-refractivity contribution in [1.82, 2.24) is 4.98 Å². The topological polar surface area (TPSA) is 68.0 Å². The van der Waals surface area contributed by atoms with Crippen LogP contribution in [0.2, 0.25) is 0 Å². The standard InChI is InChI=1S/C21H23N3OS/c1-11-8-12(2)10-14(9-11)24-20(25)19-18(22)17-16-7-5-4-6-15(16)13(3)23-21(17)26-19/h8-10H,4-7,22H2,1-3H3,(H,24,25). The first-order valence-electron chi connectivity index (χ1n) is 9.04. The van der Waals surface area contributed by atoms with E-state index < -0.39 is 0 Å². The van der Waals surface area contributed by atoms with Crippen molar-refractivity contribution in [1.29, 1.82) is 0 Å². The van der Waals surface area contributed by atoms with E-state index in [1.165, 1.54) is 35.3 Å². The van der Waals surface area contributed by atoms with Crippen LogP contribution in [0.1, 0.15) is 50.5 Å². The highest BCUT2D eigenvalue weighted by atomic mass is 32.1. The molecule has 3 N–H and O–H groups in total. The normalized spacial score (nSPS) is 13.7. The fourth-order valence-electron chi connectivity index (χ4n) is 4.01. The van der Waals surface area contributed by atoms with Crippen LogP contribution < -0.4 is 11.1 Å². The SMILES string of the molecule is Cc1cc(C)cc(NC(=O)c2sc3nc(C)c4c(c3c2N)CCCC4)c1. The molecule has 1 amide bonds. The number of benzene rings is 1. The number of nitrogens with zero attached hydrogens (tertiary/aromatic N) is 1. The van der Waals surface area contributed by atoms with Gasteiger partial charge in [0.1, 0.15) is 9.71 Å². The Labute approximate surface area is 157 Å². The van der Waals surface area contributed by atoms with Crippen molar-refractivity contribution in [3.63, 3.8) is 0 Å². The van der Waals surface area contributed by atoms with Gasteiger partial charge in [0, 0.05) is 16.8 Å². The number of aromatic nitrogens is 1. The van der Waals surface area contributed by atoms with Gasteiger partial charge in [-0.2, -0.15) is 0 Å². The molecule has 0 spiro atoms. The van der Waals surface area contributed by atoms with Crippen molar-refractivity contribution in [2.45, 2.75) is 46.5 Å². The van der Waals surface area contributed by atoms with Crippen molar-refractivity contribution in [3.8, 4) is 0 Å². The number of rotatable bonds is 2. The number of pyridine rings is 1. The Bertz CT molecular complexity index is 1020. The van der Waals surface area contributed by atoms with Crippen LogP contribution in [0.3, 0.4) is 0 Å². The molecule has 0 bridgehead atoms. The zero-order valence-electron chi connectivity index (χ0n) is 15.4. The van der Waals surface area contributed by atoms with Crippen molar-refractivity contribution in [3.05, 3.63) is 51.0 Å². The van der Waals surface area contributed by atoms with E-state index in [1.807, 2.05) is 26.0 Å². The fraction of sp³-hybridized carbons (Fsp3) is 0.333. The predicted octanol–water partition coefficient (Wildman–Crippen LogP) is 4.93. The van der Waals surface area contributed by atoms with Crippen LogP contribution in [0.5, 0.6) is 0 Å². The fourth-order valence-corrected chi connectivity index (χ4v) is 5.07. The van der Waals surface area contributed by atoms with E-state index in [4.69, 9.17) is 10.7 Å². The first-order valence-corrected chi connectivity index (χ1v) is 9.85. The lowest BCUT2D eigenvalue weighted by Gasteiger charge is -2.18. The highest BCUT2D eigenvalue weighted by Gasteiger charge is 2.24. The zero-order valence-corrected chi connectivity index (χ0v) is 16.2. The minimum Gasteiger partial charge on any atom is -0.397 e. The van der Waals surface area contributed by atoms with Crippen LogP contribution in [-0.2, 0) is 12.8 Å². The number of nitrogens with one attached hydrogen (secondary N) is 1. The molecule has 0 radical (unpaired) electrons. The lowest BCUT2D eigenvalue weighted by atomic mass is 9.89. The molecular weight excluding hydrogens is 342 g/mol. The number of hydrogen-bond acceptors (Lipinski definition) is 4. The second-order valence-corrected chi connectivity index (χ2v) is 8.22. The van der Waals surface area contributed by atoms with Crippen molar-refractivity contribution < 1.29 is 4.79 Å². The Morgan fingerprint density at radius 3 is 2.42 bits per heavy atom. The Hall–Kier alpha value is -2.40. The van der Waals surface area contributed by atoms with E-state index in [2.05, 4.69) is 18.3 Å². The summed E-state index contributed by atoms with van der Waals surface area (Å²) in [5, 5.41) is 4.00. The summed E-state index contributed by atoms with van der Waals surface area (Å²) in [6.07, 6.45) is 4.45. The van der Waals surface area contributed by atoms with Gasteiger partial charge in [0.15, 0.2) is 0 Å². The van der Waals surface area contributed by atoms with Gasteiger partial charge in [0.05, 0.1) is 5.69 Å². The third-order valence-electron chi connectivity index (χ3n) is 5.09. The summed E-state index contributed by atoms with van der Waals surface area (Å²) in [5.41, 5.74) is 13.8. The third-order valence-corrected chi connectivity index (χ3v) is 6.19. The largest absolute Gasteiger partial charge is 0.397 e. The van der Waals surface area contributed by atoms with Gasteiger partial charge in [0.25, 0.3) is 5.91 Å². The number of nitrogen functional groups attached to an aromatic ring is 1. The number of fused-ring (bicyclic) bond motifs is 3. The van der Waals surface area contributed by atoms with E-state index in [9.17, 15) is 4.79 Å². The van der Waals surface area contributed by atoms with E-state index in [1.54, 1.807) is 0 Å². The molecule has 26 heavy (non-hydrogen) atoms. The van der Waals surface area contributed by atoms with Crippen LogP contribution >= 0.6 is 11.3 Å². The molecule has 3 aromatic rings. The smallest absolute Gasteiger partial charge is 0.267 e. The Morgan fingerprint density at radius 2 is 1.73 bits per heavy atom. The molecule has 0 saturated carbocycles. The number of aryl methyl sites for hydroxylation is 4. The number of anilines is 2. The number of hydrogen-bond donors (Lipinski definition) is 2. The lowest BCUT2D eigenvalue weighted by molar-refractivity contribution is 0.103. The Balaban J connectivity index is 1.77. The van der Waals surface area contributed by atoms with Gasteiger partial charge in [-0.3, -0.25) is 4.79 Å². The van der Waals surface area contributed by atoms with E-state index in [0.29, 0.717) is 10.6 Å². The molecule has 0 unspecified atom stereocenters. The molecule has 2 heterocycles. The summed E-state index contributed by atoms with van der Waals surface area (Å²) in [4.78, 5) is 19.1. The second kappa shape index (κ2) is 6.40. The summed E-state index contributed by atoms with van der Waals surface area (Å²) < 4.78 is 0. The van der Waals surface area contributed by atoms with Crippen LogP contribution in [0.25, 0.3) is 10.2 Å². The number of amides is 1. The minimum absolute atomic E-state index is 0.155. The quantitative estimate of drug-likeness (QED) is 0.676. The highest BCUT2D eigenvalue weighted by molar-refractivity contribution is 7.21.